The van der Waals surface area contributed by atoms with Crippen molar-refractivity contribution in [2.75, 3.05) is 25.0 Å². The van der Waals surface area contributed by atoms with E-state index in [0.29, 0.717) is 12.5 Å². The Labute approximate surface area is 111 Å². The second-order valence-electron chi connectivity index (χ2n) is 5.30. The molecule has 0 aromatic heterocycles. The Bertz CT molecular complexity index is 465. The van der Waals surface area contributed by atoms with E-state index < -0.39 is 11.6 Å². The highest BCUT2D eigenvalue weighted by Crippen LogP contribution is 2.14. The molecule has 0 bridgehead atoms. The minimum absolute atomic E-state index is 0.0378. The lowest BCUT2D eigenvalue weighted by Gasteiger charge is -2.27. The van der Waals surface area contributed by atoms with Crippen LogP contribution in [0, 0.1) is 17.6 Å². The first-order chi connectivity index (χ1) is 9.04. The number of carbonyl (C=O) groups is 1. The molecule has 1 aliphatic rings. The second kappa shape index (κ2) is 6.10. The first-order valence-electron chi connectivity index (χ1n) is 6.63. The molecule has 0 radical (unpaired) electrons. The van der Waals surface area contributed by atoms with Crippen molar-refractivity contribution in [2.24, 2.45) is 5.92 Å². The highest BCUT2D eigenvalue weighted by atomic mass is 19.1. The van der Waals surface area contributed by atoms with Crippen LogP contribution in [0.1, 0.15) is 19.8 Å². The van der Waals surface area contributed by atoms with Gasteiger partial charge in [0.1, 0.15) is 11.6 Å². The minimum atomic E-state index is -0.740. The van der Waals surface area contributed by atoms with Crippen LogP contribution in [0.15, 0.2) is 18.2 Å². The zero-order valence-corrected chi connectivity index (χ0v) is 11.0. The molecule has 1 heterocycles. The van der Waals surface area contributed by atoms with Crippen LogP contribution in [0.3, 0.4) is 0 Å². The number of benzene rings is 1. The quantitative estimate of drug-likeness (QED) is 0.850. The maximum absolute atomic E-state index is 13.4. The Balaban J connectivity index is 1.90. The average molecular weight is 269 g/mol. The van der Waals surface area contributed by atoms with Crippen LogP contribution in [0.25, 0.3) is 0 Å². The molecule has 2 atom stereocenters. The zero-order valence-electron chi connectivity index (χ0n) is 11.0. The average Bonchev–Trinajstić information content (AvgIpc) is 2.33. The van der Waals surface area contributed by atoms with E-state index in [1.54, 1.807) is 0 Å². The van der Waals surface area contributed by atoms with Crippen LogP contribution in [-0.4, -0.2) is 25.5 Å². The fraction of sp³-hybridized carbons (Fsp3) is 0.500. The smallest absolute Gasteiger partial charge is 0.279 e. The molecule has 0 saturated carbocycles. The molecular formula is C14H19F2N2O+. The number of rotatable bonds is 3. The van der Waals surface area contributed by atoms with Gasteiger partial charge in [-0.05, 0) is 25.0 Å². The first kappa shape index (κ1) is 13.9. The van der Waals surface area contributed by atoms with Crippen LogP contribution in [0.5, 0.6) is 0 Å². The van der Waals surface area contributed by atoms with E-state index in [9.17, 15) is 13.6 Å². The Morgan fingerprint density at radius 3 is 2.95 bits per heavy atom. The molecule has 1 amide bonds. The summed E-state index contributed by atoms with van der Waals surface area (Å²) in [4.78, 5) is 13.1. The van der Waals surface area contributed by atoms with Gasteiger partial charge >= 0.3 is 0 Å². The van der Waals surface area contributed by atoms with Crippen LogP contribution in [-0.2, 0) is 4.79 Å². The number of piperidine rings is 1. The topological polar surface area (TPSA) is 33.5 Å². The number of anilines is 1. The molecule has 0 aliphatic carbocycles. The van der Waals surface area contributed by atoms with Gasteiger partial charge in [-0.3, -0.25) is 4.79 Å². The summed E-state index contributed by atoms with van der Waals surface area (Å²) < 4.78 is 26.1. The van der Waals surface area contributed by atoms with Crippen LogP contribution < -0.4 is 10.2 Å². The standard InChI is InChI=1S/C14H18F2N2O/c1-10-3-2-6-18(8-10)9-14(19)17-13-5-4-11(15)7-12(13)16/h4-5,7,10H,2-3,6,8-9H2,1H3,(H,17,19)/p+1/t10-/m0/s1. The van der Waals surface area contributed by atoms with Gasteiger partial charge in [0.05, 0.1) is 18.8 Å². The Morgan fingerprint density at radius 1 is 1.47 bits per heavy atom. The Kier molecular flexibility index (Phi) is 4.47. The second-order valence-corrected chi connectivity index (χ2v) is 5.30. The molecular weight excluding hydrogens is 250 g/mol. The van der Waals surface area contributed by atoms with E-state index >= 15 is 0 Å². The van der Waals surface area contributed by atoms with Gasteiger partial charge < -0.3 is 10.2 Å². The van der Waals surface area contributed by atoms with Crippen LogP contribution >= 0.6 is 0 Å². The van der Waals surface area contributed by atoms with Crippen molar-refractivity contribution in [3.63, 3.8) is 0 Å². The van der Waals surface area contributed by atoms with E-state index in [4.69, 9.17) is 0 Å². The van der Waals surface area contributed by atoms with E-state index in [1.807, 2.05) is 0 Å². The van der Waals surface area contributed by atoms with Gasteiger partial charge in [-0.15, -0.1) is 0 Å². The van der Waals surface area contributed by atoms with E-state index in [2.05, 4.69) is 12.2 Å². The fourth-order valence-corrected chi connectivity index (χ4v) is 2.57. The van der Waals surface area contributed by atoms with E-state index in [-0.39, 0.29) is 11.6 Å². The summed E-state index contributed by atoms with van der Waals surface area (Å²) in [5.41, 5.74) is 0.0378. The summed E-state index contributed by atoms with van der Waals surface area (Å²) in [6.45, 7) is 4.46. The molecule has 0 spiro atoms. The summed E-state index contributed by atoms with van der Waals surface area (Å²) >= 11 is 0. The van der Waals surface area contributed by atoms with Gasteiger partial charge in [0.2, 0.25) is 0 Å². The van der Waals surface area contributed by atoms with Gasteiger partial charge in [0, 0.05) is 12.0 Å². The molecule has 1 saturated heterocycles. The molecule has 2 rings (SSSR count). The lowest BCUT2D eigenvalue weighted by Crippen LogP contribution is -3.14. The number of likely N-dealkylation sites (tertiary alicyclic amines) is 1. The highest BCUT2D eigenvalue weighted by molar-refractivity contribution is 5.91. The minimum Gasteiger partial charge on any atom is -0.327 e. The lowest BCUT2D eigenvalue weighted by atomic mass is 10.0. The number of halogens is 2. The zero-order chi connectivity index (χ0) is 13.8. The summed E-state index contributed by atoms with van der Waals surface area (Å²) in [5.74, 6) is -0.991. The number of hydrogen-bond acceptors (Lipinski definition) is 1. The van der Waals surface area contributed by atoms with Gasteiger partial charge in [-0.25, -0.2) is 8.78 Å². The Hall–Kier alpha value is -1.49. The van der Waals surface area contributed by atoms with Gasteiger partial charge in [0.15, 0.2) is 6.54 Å². The third kappa shape index (κ3) is 3.99. The molecule has 1 fully saturated rings. The normalized spacial score (nSPS) is 23.1. The SMILES string of the molecule is C[C@H]1CCC[NH+](CC(=O)Nc2ccc(F)cc2F)C1. The summed E-state index contributed by atoms with van der Waals surface area (Å²) in [5, 5.41) is 2.50. The van der Waals surface area contributed by atoms with Crippen molar-refractivity contribution < 1.29 is 18.5 Å². The van der Waals surface area contributed by atoms with Crippen LogP contribution in [0.2, 0.25) is 0 Å². The predicted octanol–water partition coefficient (Wildman–Crippen LogP) is 1.22. The highest BCUT2D eigenvalue weighted by Gasteiger charge is 2.22. The summed E-state index contributed by atoms with van der Waals surface area (Å²) in [6.07, 6.45) is 2.33. The van der Waals surface area contributed by atoms with Crippen molar-refractivity contribution in [1.82, 2.24) is 0 Å². The molecule has 2 N–H and O–H groups in total. The van der Waals surface area contributed by atoms with E-state index in [0.717, 1.165) is 31.6 Å². The maximum Gasteiger partial charge on any atom is 0.279 e. The molecule has 5 heteroatoms. The molecule has 19 heavy (non-hydrogen) atoms. The van der Waals surface area contributed by atoms with Crippen molar-refractivity contribution in [1.29, 1.82) is 0 Å². The first-order valence-corrected chi connectivity index (χ1v) is 6.63. The van der Waals surface area contributed by atoms with Gasteiger partial charge in [-0.1, -0.05) is 6.92 Å². The van der Waals surface area contributed by atoms with Crippen molar-refractivity contribution in [2.45, 2.75) is 19.8 Å². The predicted molar refractivity (Wildman–Crippen MR) is 68.9 cm³/mol. The third-order valence-corrected chi connectivity index (χ3v) is 3.48. The van der Waals surface area contributed by atoms with Crippen molar-refractivity contribution in [3.8, 4) is 0 Å². The van der Waals surface area contributed by atoms with Gasteiger partial charge in [-0.2, -0.15) is 0 Å². The van der Waals surface area contributed by atoms with Crippen LogP contribution in [0.4, 0.5) is 14.5 Å². The number of hydrogen-bond donors (Lipinski definition) is 2. The maximum atomic E-state index is 13.4. The largest absolute Gasteiger partial charge is 0.327 e. The summed E-state index contributed by atoms with van der Waals surface area (Å²) in [6, 6.07) is 3.15. The number of amides is 1. The van der Waals surface area contributed by atoms with Crippen molar-refractivity contribution >= 4 is 11.6 Å². The molecule has 104 valence electrons. The molecule has 1 unspecified atom stereocenters. The van der Waals surface area contributed by atoms with Crippen molar-refractivity contribution in [3.05, 3.63) is 29.8 Å². The number of carbonyl (C=O) groups excluding carboxylic acids is 1. The monoisotopic (exact) mass is 269 g/mol. The fourth-order valence-electron chi connectivity index (χ4n) is 2.57. The third-order valence-electron chi connectivity index (χ3n) is 3.48. The molecule has 1 aromatic rings. The summed E-state index contributed by atoms with van der Waals surface area (Å²) in [7, 11) is 0. The molecule has 1 aliphatic heterocycles. The molecule has 3 nitrogen and oxygen atoms in total. The molecule has 1 aromatic carbocycles. The van der Waals surface area contributed by atoms with E-state index in [1.165, 1.54) is 17.4 Å². The van der Waals surface area contributed by atoms with Gasteiger partial charge in [0.25, 0.3) is 5.91 Å². The number of nitrogens with one attached hydrogen (secondary N) is 2. The Morgan fingerprint density at radius 2 is 2.26 bits per heavy atom. The number of quaternary nitrogens is 1. The lowest BCUT2D eigenvalue weighted by molar-refractivity contribution is -0.900.